The molecule has 6 aliphatic carbocycles. The number of aliphatic hydroxyl groups excluding tert-OH is 1. The van der Waals surface area contributed by atoms with Crippen LogP contribution in [0.1, 0.15) is 111 Å². The van der Waals surface area contributed by atoms with Gasteiger partial charge in [0.1, 0.15) is 18.2 Å². The van der Waals surface area contributed by atoms with Crippen molar-refractivity contribution in [1.82, 2.24) is 15.4 Å². The summed E-state index contributed by atoms with van der Waals surface area (Å²) in [5, 5.41) is 24.7. The quantitative estimate of drug-likeness (QED) is 0.0639. The summed E-state index contributed by atoms with van der Waals surface area (Å²) in [6.45, 7) is 22.9. The fraction of sp³-hybridized carbons (Fsp3) is 0.725. The van der Waals surface area contributed by atoms with E-state index in [0.29, 0.717) is 47.7 Å². The van der Waals surface area contributed by atoms with E-state index in [0.717, 1.165) is 44.4 Å². The molecule has 4 N–H and O–H groups in total. The van der Waals surface area contributed by atoms with Crippen LogP contribution in [0.25, 0.3) is 20.9 Å². The van der Waals surface area contributed by atoms with Crippen molar-refractivity contribution < 1.29 is 29.1 Å². The second-order valence-corrected chi connectivity index (χ2v) is 24.3. The summed E-state index contributed by atoms with van der Waals surface area (Å²) in [4.78, 5) is 43.8. The largest absolute Gasteiger partial charge is 0.461 e. The Labute approximate surface area is 436 Å². The lowest BCUT2D eigenvalue weighted by molar-refractivity contribution is -0.188. The van der Waals surface area contributed by atoms with Gasteiger partial charge >= 0.3 is 5.97 Å². The van der Waals surface area contributed by atoms with Gasteiger partial charge in [0.2, 0.25) is 5.91 Å². The number of amides is 1. The highest BCUT2D eigenvalue weighted by Gasteiger charge is 2.59. The van der Waals surface area contributed by atoms with Crippen LogP contribution in [-0.4, -0.2) is 88.8 Å². The normalized spacial score (nSPS) is 35.9. The molecule has 0 spiro atoms. The lowest BCUT2D eigenvalue weighted by Gasteiger charge is -2.62. The van der Waals surface area contributed by atoms with E-state index < -0.39 is 30.2 Å². The molecule has 4 bridgehead atoms. The number of rotatable bonds is 11. The molecule has 1 amide bonds. The molecule has 16 nitrogen and oxygen atoms in total. The Morgan fingerprint density at radius 1 is 0.855 bits per heavy atom. The van der Waals surface area contributed by atoms with Gasteiger partial charge in [0, 0.05) is 35.0 Å². The lowest BCUT2D eigenvalue weighted by Crippen LogP contribution is -2.62. The smallest absolute Gasteiger partial charge is 0.326 e. The molecule has 2 aromatic rings. The molecule has 16 atom stereocenters. The van der Waals surface area contributed by atoms with Gasteiger partial charge in [0.15, 0.2) is 0 Å². The summed E-state index contributed by atoms with van der Waals surface area (Å²) in [5.74, 6) is 3.25. The number of esters is 1. The summed E-state index contributed by atoms with van der Waals surface area (Å²) in [5.41, 5.74) is 28.8. The molecule has 6 saturated carbocycles. The van der Waals surface area contributed by atoms with Crippen LogP contribution in [0.15, 0.2) is 46.6 Å². The molecule has 9 fully saturated rings. The van der Waals surface area contributed by atoms with Gasteiger partial charge in [0.05, 0.1) is 50.4 Å². The SMILES string of the molecule is C.C[C@@H]1[C@@H](N)C[C@H]2C[C@@H]1C2(C)C.Cc1c(I)cccc1CN1O[C@@H](CN=[N+]=[N-])[C@@H]([C@H](C)O)[C@H]1C(=O)N[C@H]1C[C@H]2C[C@@H]([C@@H]1C)C2(C)C.Cc1c(I)cccc1CN1O[C@@H](CN=[N+]=[N-])[C@H]2[C@H](C)OC(=O)[C@H]21. The zero-order chi connectivity index (χ0) is 49.6. The molecule has 3 heterocycles. The van der Waals surface area contributed by atoms with Crippen LogP contribution >= 0.6 is 45.2 Å². The van der Waals surface area contributed by atoms with Gasteiger partial charge in [0.25, 0.3) is 0 Å². The van der Waals surface area contributed by atoms with Crippen molar-refractivity contribution in [2.45, 2.75) is 164 Å². The van der Waals surface area contributed by atoms with Gasteiger partial charge in [-0.3, -0.25) is 19.3 Å². The number of benzene rings is 2. The number of ether oxygens (including phenoxy) is 1. The maximum atomic E-state index is 13.8. The molecule has 2 aromatic carbocycles. The number of fused-ring (bicyclic) bond motifs is 5. The fourth-order valence-electron chi connectivity index (χ4n) is 13.1. The highest BCUT2D eigenvalue weighted by atomic mass is 127. The Balaban J connectivity index is 0.000000191. The van der Waals surface area contributed by atoms with Crippen molar-refractivity contribution >= 4 is 57.1 Å². The van der Waals surface area contributed by atoms with Crippen molar-refractivity contribution in [1.29, 1.82) is 0 Å². The highest BCUT2D eigenvalue weighted by Crippen LogP contribution is 2.62. The van der Waals surface area contributed by atoms with Crippen LogP contribution in [0.3, 0.4) is 0 Å². The summed E-state index contributed by atoms with van der Waals surface area (Å²) < 4.78 is 7.68. The zero-order valence-electron chi connectivity index (χ0n) is 41.3. The topological polar surface area (TPSA) is 224 Å². The number of carbonyl (C=O) groups is 2. The third-order valence-corrected chi connectivity index (χ3v) is 20.2. The van der Waals surface area contributed by atoms with Crippen molar-refractivity contribution in [2.24, 2.45) is 74.1 Å². The van der Waals surface area contributed by atoms with E-state index in [2.05, 4.69) is 132 Å². The molecule has 0 aromatic heterocycles. The molecule has 380 valence electrons. The predicted octanol–water partition coefficient (Wildman–Crippen LogP) is 10.2. The third-order valence-electron chi connectivity index (χ3n) is 17.8. The monoisotopic (exact) mass is 1180 g/mol. The first-order valence-electron chi connectivity index (χ1n) is 24.4. The second kappa shape index (κ2) is 22.5. The molecule has 9 aliphatic rings. The van der Waals surface area contributed by atoms with Crippen LogP contribution in [0.4, 0.5) is 0 Å². The zero-order valence-corrected chi connectivity index (χ0v) is 45.6. The van der Waals surface area contributed by atoms with E-state index in [4.69, 9.17) is 31.2 Å². The van der Waals surface area contributed by atoms with Crippen molar-refractivity contribution in [2.75, 3.05) is 13.1 Å². The maximum absolute atomic E-state index is 13.8. The van der Waals surface area contributed by atoms with Crippen LogP contribution in [0.5, 0.6) is 0 Å². The summed E-state index contributed by atoms with van der Waals surface area (Å²) >= 11 is 4.60. The van der Waals surface area contributed by atoms with Crippen LogP contribution in [0, 0.1) is 79.2 Å². The lowest BCUT2D eigenvalue weighted by atomic mass is 9.45. The number of carbonyl (C=O) groups excluding carboxylic acids is 2. The molecule has 11 rings (SSSR count). The van der Waals surface area contributed by atoms with E-state index in [9.17, 15) is 14.7 Å². The average Bonchev–Trinajstić information content (AvgIpc) is 3.94. The summed E-state index contributed by atoms with van der Waals surface area (Å²) in [7, 11) is 0. The number of nitrogens with two attached hydrogens (primary N) is 1. The molecule has 0 radical (unpaired) electrons. The van der Waals surface area contributed by atoms with Crippen LogP contribution in [-0.2, 0) is 37.1 Å². The molecule has 18 heteroatoms. The number of hydroxylamine groups is 4. The van der Waals surface area contributed by atoms with E-state index in [1.807, 2.05) is 37.3 Å². The number of azide groups is 2. The van der Waals surface area contributed by atoms with Crippen molar-refractivity contribution in [3.8, 4) is 0 Å². The number of halogens is 2. The molecular formula is C51H76I2N10O6. The predicted molar refractivity (Wildman–Crippen MR) is 283 cm³/mol. The Morgan fingerprint density at radius 2 is 1.36 bits per heavy atom. The van der Waals surface area contributed by atoms with Crippen molar-refractivity contribution in [3.63, 3.8) is 0 Å². The van der Waals surface area contributed by atoms with Crippen LogP contribution < -0.4 is 11.1 Å². The average molecular weight is 1180 g/mol. The second-order valence-electron chi connectivity index (χ2n) is 21.9. The molecule has 69 heavy (non-hydrogen) atoms. The molecule has 0 unspecified atom stereocenters. The minimum Gasteiger partial charge on any atom is -0.461 e. The Hall–Kier alpha value is -2.78. The highest BCUT2D eigenvalue weighted by molar-refractivity contribution is 14.1. The van der Waals surface area contributed by atoms with Gasteiger partial charge in [-0.15, -0.1) is 0 Å². The minimum absolute atomic E-state index is 0. The Kier molecular flexibility index (Phi) is 18.1. The number of hydrogen-bond donors (Lipinski definition) is 3. The van der Waals surface area contributed by atoms with Crippen LogP contribution in [0.2, 0.25) is 0 Å². The first-order valence-corrected chi connectivity index (χ1v) is 26.6. The maximum Gasteiger partial charge on any atom is 0.326 e. The van der Waals surface area contributed by atoms with E-state index in [-0.39, 0.29) is 56.6 Å². The first-order chi connectivity index (χ1) is 32.1. The number of cyclic esters (lactones) is 1. The first kappa shape index (κ1) is 55.5. The van der Waals surface area contributed by atoms with Gasteiger partial charge in [-0.25, -0.2) is 0 Å². The Bertz CT molecular complexity index is 2270. The molecule has 3 saturated heterocycles. The minimum atomic E-state index is -0.798. The third kappa shape index (κ3) is 11.1. The van der Waals surface area contributed by atoms with Gasteiger partial charge in [-0.05, 0) is 190 Å². The van der Waals surface area contributed by atoms with E-state index in [1.54, 1.807) is 17.1 Å². The summed E-state index contributed by atoms with van der Waals surface area (Å²) in [6, 6.07) is 11.6. The van der Waals surface area contributed by atoms with E-state index in [1.165, 1.54) is 28.4 Å². The summed E-state index contributed by atoms with van der Waals surface area (Å²) in [6.07, 6.45) is 3.01. The van der Waals surface area contributed by atoms with Gasteiger partial charge in [-0.1, -0.05) is 83.5 Å². The van der Waals surface area contributed by atoms with Gasteiger partial charge in [-0.2, -0.15) is 10.1 Å². The number of hydrogen-bond acceptors (Lipinski definition) is 11. The molecular weight excluding hydrogens is 1100 g/mol. The van der Waals surface area contributed by atoms with Gasteiger partial charge < -0.3 is 20.9 Å². The standard InChI is InChI=1S/C25H36IN5O3.C15H17IN4O3.C10H19N.CH4/c1-13-16(7-6-8-19(13)26)12-31-23(22(15(3)32)21(34-31)11-28-30-27)24(33)29-20-10-17-9-18(14(20)2)25(17,4)5;1-8-10(4-3-5-11(8)16)7-20-14-13(9(2)22-15(14)21)12(23-20)6-18-19-17;1-6-8-4-7(5-9(6)11)10(8,2)3;/h6-8,14-15,17-18,20-23,32H,9-12H2,1-5H3,(H,29,33);3-5,9,12-14H,6-7H2,1-2H3;6-9H,4-5,11H2,1-3H3;1H4/t14-,15-,17+,18-,20-,21-,22+,23-;9-,12-,13+,14-;6-,7+,8-,9-;/m000./s1. The van der Waals surface area contributed by atoms with Crippen molar-refractivity contribution in [3.05, 3.63) is 86.7 Å². The molecule has 3 aliphatic heterocycles. The fourth-order valence-corrected chi connectivity index (χ4v) is 14.2. The Morgan fingerprint density at radius 3 is 1.86 bits per heavy atom. The number of nitrogens with zero attached hydrogens (tertiary/aromatic N) is 8. The number of aliphatic hydroxyl groups is 1. The van der Waals surface area contributed by atoms with E-state index >= 15 is 0 Å². The number of nitrogens with one attached hydrogen (secondary N) is 1.